The molecule has 20 heavy (non-hydrogen) atoms. The highest BCUT2D eigenvalue weighted by molar-refractivity contribution is 5.80. The topological polar surface area (TPSA) is 49.6 Å². The zero-order chi connectivity index (χ0) is 14.6. The van der Waals surface area contributed by atoms with Crippen molar-refractivity contribution in [3.63, 3.8) is 0 Å². The summed E-state index contributed by atoms with van der Waals surface area (Å²) in [5.74, 6) is 1.80. The molecule has 0 unspecified atom stereocenters. The SMILES string of the molecule is CN=C(NCCc1cc2ccccc2o1)NC(C)(C)C. The zero-order valence-corrected chi connectivity index (χ0v) is 12.7. The van der Waals surface area contributed by atoms with Crippen LogP contribution in [-0.2, 0) is 6.42 Å². The molecule has 0 atom stereocenters. The van der Waals surface area contributed by atoms with Gasteiger partial charge in [-0.2, -0.15) is 0 Å². The van der Waals surface area contributed by atoms with E-state index in [0.29, 0.717) is 0 Å². The average Bonchev–Trinajstić information content (AvgIpc) is 2.78. The van der Waals surface area contributed by atoms with Crippen LogP contribution in [0, 0.1) is 0 Å². The number of rotatable bonds is 3. The number of benzene rings is 1. The van der Waals surface area contributed by atoms with E-state index in [1.165, 1.54) is 0 Å². The molecule has 0 bridgehead atoms. The summed E-state index contributed by atoms with van der Waals surface area (Å²) in [5, 5.41) is 7.78. The molecular weight excluding hydrogens is 250 g/mol. The van der Waals surface area contributed by atoms with Gasteiger partial charge in [0.15, 0.2) is 5.96 Å². The molecule has 0 aliphatic heterocycles. The first-order valence-electron chi connectivity index (χ1n) is 6.94. The van der Waals surface area contributed by atoms with E-state index in [1.807, 2.05) is 18.2 Å². The Kier molecular flexibility index (Phi) is 4.32. The summed E-state index contributed by atoms with van der Waals surface area (Å²) in [7, 11) is 1.78. The van der Waals surface area contributed by atoms with E-state index in [0.717, 1.165) is 35.7 Å². The summed E-state index contributed by atoms with van der Waals surface area (Å²) >= 11 is 0. The third-order valence-corrected chi connectivity index (χ3v) is 2.86. The molecule has 1 aromatic heterocycles. The van der Waals surface area contributed by atoms with Crippen molar-refractivity contribution in [1.29, 1.82) is 0 Å². The van der Waals surface area contributed by atoms with Crippen molar-refractivity contribution in [1.82, 2.24) is 10.6 Å². The molecule has 0 spiro atoms. The summed E-state index contributed by atoms with van der Waals surface area (Å²) in [6, 6.07) is 10.2. The third kappa shape index (κ3) is 4.02. The smallest absolute Gasteiger partial charge is 0.191 e. The number of nitrogens with one attached hydrogen (secondary N) is 2. The van der Waals surface area contributed by atoms with Gasteiger partial charge in [-0.3, -0.25) is 4.99 Å². The molecule has 2 rings (SSSR count). The molecule has 108 valence electrons. The number of fused-ring (bicyclic) bond motifs is 1. The number of guanidine groups is 1. The Hall–Kier alpha value is -1.97. The van der Waals surface area contributed by atoms with Crippen LogP contribution in [0.3, 0.4) is 0 Å². The molecule has 0 radical (unpaired) electrons. The Bertz CT molecular complexity index is 560. The second kappa shape index (κ2) is 5.99. The maximum absolute atomic E-state index is 5.78. The molecule has 0 fully saturated rings. The number of nitrogens with zero attached hydrogens (tertiary/aromatic N) is 1. The van der Waals surface area contributed by atoms with Gasteiger partial charge in [-0.05, 0) is 32.9 Å². The summed E-state index contributed by atoms with van der Waals surface area (Å²) in [6.45, 7) is 7.12. The number of hydrogen-bond acceptors (Lipinski definition) is 2. The van der Waals surface area contributed by atoms with Crippen molar-refractivity contribution in [2.24, 2.45) is 4.99 Å². The van der Waals surface area contributed by atoms with Crippen LogP contribution >= 0.6 is 0 Å². The van der Waals surface area contributed by atoms with Gasteiger partial charge in [0.25, 0.3) is 0 Å². The molecule has 0 saturated carbocycles. The predicted octanol–water partition coefficient (Wildman–Crippen LogP) is 2.94. The first-order valence-corrected chi connectivity index (χ1v) is 6.94. The maximum Gasteiger partial charge on any atom is 0.191 e. The van der Waals surface area contributed by atoms with Crippen LogP contribution in [-0.4, -0.2) is 25.1 Å². The number of para-hydroxylation sites is 1. The van der Waals surface area contributed by atoms with Gasteiger partial charge in [0.1, 0.15) is 11.3 Å². The van der Waals surface area contributed by atoms with Crippen LogP contribution < -0.4 is 10.6 Å². The van der Waals surface area contributed by atoms with Gasteiger partial charge in [-0.25, -0.2) is 0 Å². The van der Waals surface area contributed by atoms with Gasteiger partial charge in [0.05, 0.1) is 0 Å². The minimum absolute atomic E-state index is 0.00120. The molecule has 4 nitrogen and oxygen atoms in total. The van der Waals surface area contributed by atoms with Crippen molar-refractivity contribution >= 4 is 16.9 Å². The van der Waals surface area contributed by atoms with E-state index in [9.17, 15) is 0 Å². The van der Waals surface area contributed by atoms with Crippen LogP contribution in [0.5, 0.6) is 0 Å². The van der Waals surface area contributed by atoms with Gasteiger partial charge < -0.3 is 15.1 Å². The average molecular weight is 273 g/mol. The lowest BCUT2D eigenvalue weighted by Crippen LogP contribution is -2.47. The van der Waals surface area contributed by atoms with Gasteiger partial charge in [0, 0.05) is 30.9 Å². The molecule has 0 aliphatic carbocycles. The second-order valence-electron chi connectivity index (χ2n) is 5.87. The van der Waals surface area contributed by atoms with Crippen molar-refractivity contribution in [2.75, 3.05) is 13.6 Å². The van der Waals surface area contributed by atoms with E-state index in [2.05, 4.69) is 48.5 Å². The van der Waals surface area contributed by atoms with E-state index >= 15 is 0 Å². The van der Waals surface area contributed by atoms with Crippen molar-refractivity contribution in [2.45, 2.75) is 32.7 Å². The Morgan fingerprint density at radius 1 is 1.25 bits per heavy atom. The Balaban J connectivity index is 1.89. The zero-order valence-electron chi connectivity index (χ0n) is 12.7. The standard InChI is InChI=1S/C16H23N3O/c1-16(2,3)19-15(17-4)18-10-9-13-11-12-7-5-6-8-14(12)20-13/h5-8,11H,9-10H2,1-4H3,(H2,17,18,19). The van der Waals surface area contributed by atoms with Crippen molar-refractivity contribution < 1.29 is 4.42 Å². The molecular formula is C16H23N3O. The van der Waals surface area contributed by atoms with Crippen molar-refractivity contribution in [3.05, 3.63) is 36.1 Å². The predicted molar refractivity (Wildman–Crippen MR) is 84.2 cm³/mol. The van der Waals surface area contributed by atoms with Crippen LogP contribution in [0.25, 0.3) is 11.0 Å². The lowest BCUT2D eigenvalue weighted by molar-refractivity contribution is 0.498. The van der Waals surface area contributed by atoms with Crippen molar-refractivity contribution in [3.8, 4) is 0 Å². The molecule has 0 amide bonds. The van der Waals surface area contributed by atoms with E-state index < -0.39 is 0 Å². The molecule has 2 aromatic rings. The fraction of sp³-hybridized carbons (Fsp3) is 0.438. The van der Waals surface area contributed by atoms with Crippen LogP contribution in [0.2, 0.25) is 0 Å². The van der Waals surface area contributed by atoms with Gasteiger partial charge >= 0.3 is 0 Å². The van der Waals surface area contributed by atoms with Gasteiger partial charge in [-0.15, -0.1) is 0 Å². The first-order chi connectivity index (χ1) is 9.48. The normalized spacial score (nSPS) is 12.7. The van der Waals surface area contributed by atoms with Crippen LogP contribution in [0.4, 0.5) is 0 Å². The summed E-state index contributed by atoms with van der Waals surface area (Å²) in [6.07, 6.45) is 0.833. The summed E-state index contributed by atoms with van der Waals surface area (Å²) < 4.78 is 5.78. The largest absolute Gasteiger partial charge is 0.461 e. The van der Waals surface area contributed by atoms with Gasteiger partial charge in [-0.1, -0.05) is 18.2 Å². The summed E-state index contributed by atoms with van der Waals surface area (Å²) in [5.41, 5.74) is 0.945. The number of furan rings is 1. The molecule has 1 aromatic carbocycles. The fourth-order valence-electron chi connectivity index (χ4n) is 2.00. The fourth-order valence-corrected chi connectivity index (χ4v) is 2.00. The third-order valence-electron chi connectivity index (χ3n) is 2.86. The molecule has 4 heteroatoms. The minimum atomic E-state index is 0.00120. The Labute approximate surface area is 120 Å². The minimum Gasteiger partial charge on any atom is -0.461 e. The van der Waals surface area contributed by atoms with Crippen LogP contribution in [0.1, 0.15) is 26.5 Å². The Morgan fingerprint density at radius 2 is 2.00 bits per heavy atom. The number of aliphatic imine (C=N–C) groups is 1. The summed E-state index contributed by atoms with van der Waals surface area (Å²) in [4.78, 5) is 4.21. The quantitative estimate of drug-likeness (QED) is 0.668. The highest BCUT2D eigenvalue weighted by Gasteiger charge is 2.11. The highest BCUT2D eigenvalue weighted by atomic mass is 16.3. The van der Waals surface area contributed by atoms with Gasteiger partial charge in [0.2, 0.25) is 0 Å². The molecule has 0 saturated heterocycles. The Morgan fingerprint density at radius 3 is 2.65 bits per heavy atom. The van der Waals surface area contributed by atoms with E-state index in [-0.39, 0.29) is 5.54 Å². The van der Waals surface area contributed by atoms with E-state index in [1.54, 1.807) is 7.05 Å². The second-order valence-corrected chi connectivity index (χ2v) is 5.87. The monoisotopic (exact) mass is 273 g/mol. The van der Waals surface area contributed by atoms with E-state index in [4.69, 9.17) is 4.42 Å². The first kappa shape index (κ1) is 14.4. The lowest BCUT2D eigenvalue weighted by atomic mass is 10.1. The molecule has 2 N–H and O–H groups in total. The molecule has 0 aliphatic rings. The molecule has 1 heterocycles. The van der Waals surface area contributed by atoms with Crippen LogP contribution in [0.15, 0.2) is 39.7 Å². The number of hydrogen-bond donors (Lipinski definition) is 2. The lowest BCUT2D eigenvalue weighted by Gasteiger charge is -2.23. The maximum atomic E-state index is 5.78. The highest BCUT2D eigenvalue weighted by Crippen LogP contribution is 2.18.